The van der Waals surface area contributed by atoms with Gasteiger partial charge < -0.3 is 4.74 Å². The van der Waals surface area contributed by atoms with Crippen molar-refractivity contribution in [1.29, 1.82) is 0 Å². The second-order valence-corrected chi connectivity index (χ2v) is 5.59. The Morgan fingerprint density at radius 3 is 1.55 bits per heavy atom. The second kappa shape index (κ2) is 9.78. The minimum Gasteiger partial charge on any atom is -0.497 e. The van der Waals surface area contributed by atoms with Gasteiger partial charge in [-0.1, -0.05) is 64.6 Å². The van der Waals surface area contributed by atoms with Gasteiger partial charge in [-0.05, 0) is 36.1 Å². The first-order valence-electron chi connectivity index (χ1n) is 7.19. The van der Waals surface area contributed by atoms with Crippen molar-refractivity contribution in [2.45, 2.75) is 35.1 Å². The fourth-order valence-corrected chi connectivity index (χ4v) is 1.68. The lowest BCUT2D eigenvalue weighted by atomic mass is 10.0. The van der Waals surface area contributed by atoms with Gasteiger partial charge in [0.2, 0.25) is 0 Å². The zero-order chi connectivity index (χ0) is 15.8. The van der Waals surface area contributed by atoms with E-state index in [1.807, 2.05) is 48.5 Å². The number of methoxy groups -OCH3 is 1. The molecule has 0 radical (unpaired) electrons. The molecule has 2 nitrogen and oxygen atoms in total. The molecule has 0 saturated heterocycles. The van der Waals surface area contributed by atoms with Crippen molar-refractivity contribution in [2.24, 2.45) is 5.92 Å². The van der Waals surface area contributed by atoms with Gasteiger partial charge in [0.1, 0.15) is 5.75 Å². The first kappa shape index (κ1) is 19.9. The molecular formula is C20H28O2. The van der Waals surface area contributed by atoms with Crippen LogP contribution in [0.2, 0.25) is 0 Å². The molecule has 0 aliphatic heterocycles. The molecule has 0 N–H and O–H groups in total. The van der Waals surface area contributed by atoms with Crippen molar-refractivity contribution < 1.29 is 9.53 Å². The summed E-state index contributed by atoms with van der Waals surface area (Å²) in [5, 5.41) is 0. The third-order valence-electron chi connectivity index (χ3n) is 2.71. The highest BCUT2D eigenvalue weighted by Crippen LogP contribution is 2.22. The molecule has 0 atom stereocenters. The van der Waals surface area contributed by atoms with Crippen LogP contribution in [0.5, 0.6) is 5.75 Å². The summed E-state index contributed by atoms with van der Waals surface area (Å²) in [7, 11) is 1.65. The average Bonchev–Trinajstić information content (AvgIpc) is 2.47. The Hall–Kier alpha value is -2.09. The van der Waals surface area contributed by atoms with Crippen molar-refractivity contribution in [3.63, 3.8) is 0 Å². The van der Waals surface area contributed by atoms with Gasteiger partial charge in [0.15, 0.2) is 5.78 Å². The van der Waals surface area contributed by atoms with Crippen molar-refractivity contribution in [2.75, 3.05) is 7.11 Å². The minimum atomic E-state index is 0. The lowest BCUT2D eigenvalue weighted by Crippen LogP contribution is -1.90. The number of rotatable bonds is 3. The van der Waals surface area contributed by atoms with E-state index in [4.69, 9.17) is 4.74 Å². The Kier molecular flexibility index (Phi) is 8.85. The van der Waals surface area contributed by atoms with Gasteiger partial charge in [0.05, 0.1) is 7.11 Å². The largest absolute Gasteiger partial charge is 0.497 e. The number of carbonyl (C=O) groups is 1. The zero-order valence-electron chi connectivity index (χ0n) is 13.5. The van der Waals surface area contributed by atoms with E-state index in [1.165, 1.54) is 0 Å². The van der Waals surface area contributed by atoms with E-state index in [1.54, 1.807) is 14.0 Å². The number of benzene rings is 2. The fourth-order valence-electron chi connectivity index (χ4n) is 1.68. The molecule has 120 valence electrons. The second-order valence-electron chi connectivity index (χ2n) is 5.59. The van der Waals surface area contributed by atoms with Gasteiger partial charge in [-0.3, -0.25) is 4.79 Å². The van der Waals surface area contributed by atoms with Crippen molar-refractivity contribution >= 4 is 5.78 Å². The lowest BCUT2D eigenvalue weighted by molar-refractivity contribution is 0.101. The summed E-state index contributed by atoms with van der Waals surface area (Å²) >= 11 is 0. The van der Waals surface area contributed by atoms with Crippen LogP contribution in [0, 0.1) is 5.92 Å². The molecule has 2 aromatic rings. The predicted molar refractivity (Wildman–Crippen MR) is 95.7 cm³/mol. The molecule has 0 aliphatic rings. The number of hydrogen-bond acceptors (Lipinski definition) is 2. The molecule has 22 heavy (non-hydrogen) atoms. The summed E-state index contributed by atoms with van der Waals surface area (Å²) in [5.41, 5.74) is 2.95. The van der Waals surface area contributed by atoms with E-state index >= 15 is 0 Å². The maximum absolute atomic E-state index is 11.2. The van der Waals surface area contributed by atoms with E-state index in [-0.39, 0.29) is 13.2 Å². The number of hydrogen-bond donors (Lipinski definition) is 0. The van der Waals surface area contributed by atoms with E-state index < -0.39 is 0 Å². The molecule has 0 aliphatic carbocycles. The third kappa shape index (κ3) is 6.57. The summed E-state index contributed by atoms with van der Waals surface area (Å²) in [5.74, 6) is 1.76. The highest BCUT2D eigenvalue weighted by Gasteiger charge is 2.01. The fraction of sp³-hybridized carbons (Fsp3) is 0.350. The Labute approximate surface area is 135 Å². The molecule has 0 fully saturated rings. The summed E-state index contributed by atoms with van der Waals surface area (Å²) in [6.07, 6.45) is 0. The van der Waals surface area contributed by atoms with Gasteiger partial charge >= 0.3 is 0 Å². The van der Waals surface area contributed by atoms with Gasteiger partial charge in [-0.2, -0.15) is 0 Å². The smallest absolute Gasteiger partial charge is 0.159 e. The minimum absolute atomic E-state index is 0. The normalized spacial score (nSPS) is 9.36. The van der Waals surface area contributed by atoms with Crippen LogP contribution in [0.4, 0.5) is 0 Å². The number of Topliss-reactive ketones (excluding diaryl/α,β-unsaturated/α-hetero) is 1. The molecule has 0 aromatic heterocycles. The molecule has 0 bridgehead atoms. The van der Waals surface area contributed by atoms with Crippen LogP contribution in [-0.2, 0) is 0 Å². The van der Waals surface area contributed by atoms with Crippen LogP contribution in [0.3, 0.4) is 0 Å². The van der Waals surface area contributed by atoms with Crippen LogP contribution in [0.25, 0.3) is 11.1 Å². The summed E-state index contributed by atoms with van der Waals surface area (Å²) in [6.45, 7) is 8.07. The van der Waals surface area contributed by atoms with E-state index in [0.29, 0.717) is 0 Å². The quantitative estimate of drug-likeness (QED) is 0.663. The standard InChI is InChI=1S/C15H14O2.C4H10.CH4/c1-11(16)12-3-5-13(6-4-12)14-7-9-15(17-2)10-8-14;1-4(2)3;/h3-10H,1-2H3;4H,1-3H3;1H4. The molecule has 0 saturated carbocycles. The Morgan fingerprint density at radius 2 is 1.23 bits per heavy atom. The Balaban J connectivity index is 0.000000791. The van der Waals surface area contributed by atoms with Crippen LogP contribution < -0.4 is 4.74 Å². The van der Waals surface area contributed by atoms with Crippen molar-refractivity contribution in [1.82, 2.24) is 0 Å². The monoisotopic (exact) mass is 300 g/mol. The number of ketones is 1. The van der Waals surface area contributed by atoms with E-state index in [9.17, 15) is 4.79 Å². The van der Waals surface area contributed by atoms with Gasteiger partial charge in [-0.25, -0.2) is 0 Å². The first-order valence-corrected chi connectivity index (χ1v) is 7.19. The lowest BCUT2D eigenvalue weighted by Gasteiger charge is -2.04. The summed E-state index contributed by atoms with van der Waals surface area (Å²) in [6, 6.07) is 15.5. The van der Waals surface area contributed by atoms with Crippen LogP contribution in [0.1, 0.15) is 45.5 Å². The molecule has 2 heteroatoms. The average molecular weight is 300 g/mol. The van der Waals surface area contributed by atoms with Gasteiger partial charge in [0.25, 0.3) is 0 Å². The van der Waals surface area contributed by atoms with Crippen LogP contribution in [-0.4, -0.2) is 12.9 Å². The van der Waals surface area contributed by atoms with Crippen molar-refractivity contribution in [3.05, 3.63) is 54.1 Å². The van der Waals surface area contributed by atoms with Crippen molar-refractivity contribution in [3.8, 4) is 16.9 Å². The topological polar surface area (TPSA) is 26.3 Å². The Bertz CT molecular complexity index is 549. The third-order valence-corrected chi connectivity index (χ3v) is 2.71. The van der Waals surface area contributed by atoms with Gasteiger partial charge in [-0.15, -0.1) is 0 Å². The van der Waals surface area contributed by atoms with Gasteiger partial charge in [0, 0.05) is 5.56 Å². The number of ether oxygens (including phenoxy) is 1. The molecule has 2 rings (SSSR count). The molecule has 0 heterocycles. The molecule has 2 aromatic carbocycles. The van der Waals surface area contributed by atoms with E-state index in [0.717, 1.165) is 28.4 Å². The summed E-state index contributed by atoms with van der Waals surface area (Å²) in [4.78, 5) is 11.2. The van der Waals surface area contributed by atoms with E-state index in [2.05, 4.69) is 20.8 Å². The first-order chi connectivity index (χ1) is 9.93. The number of carbonyl (C=O) groups excluding carboxylic acids is 1. The highest BCUT2D eigenvalue weighted by molar-refractivity contribution is 5.94. The Morgan fingerprint density at radius 1 is 0.864 bits per heavy atom. The van der Waals surface area contributed by atoms with Crippen LogP contribution >= 0.6 is 0 Å². The zero-order valence-corrected chi connectivity index (χ0v) is 13.5. The highest BCUT2D eigenvalue weighted by atomic mass is 16.5. The maximum Gasteiger partial charge on any atom is 0.159 e. The molecule has 0 unspecified atom stereocenters. The summed E-state index contributed by atoms with van der Waals surface area (Å²) < 4.78 is 5.11. The molecule has 0 spiro atoms. The maximum atomic E-state index is 11.2. The SMILES string of the molecule is C.CC(C)C.COc1ccc(-c2ccc(C(C)=O)cc2)cc1. The van der Waals surface area contributed by atoms with Crippen LogP contribution in [0.15, 0.2) is 48.5 Å². The predicted octanol–water partition coefficient (Wildman–Crippen LogP) is 5.86. The molecular weight excluding hydrogens is 272 g/mol. The molecule has 0 amide bonds.